The Morgan fingerprint density at radius 2 is 2.11 bits per heavy atom. The molecule has 1 fully saturated rings. The standard InChI is InChI=1S/C3H6N3O.C2N7O2/c1-6-2-3(4)7-5-6;10-2-5-9(8-11-2)1-3-6-7-4-1/h2H,4H2,1H3;/q+1;-1. The number of carbonyl (C=O) groups excluding carboxylic acids is 1. The molecule has 18 heavy (non-hydrogen) atoms. The van der Waals surface area contributed by atoms with E-state index in [0.717, 1.165) is 4.79 Å². The van der Waals surface area contributed by atoms with Crippen molar-refractivity contribution in [1.82, 2.24) is 5.27 Å². The molecule has 0 saturated carbocycles. The normalized spacial score (nSPS) is 15.9. The molecule has 13 nitrogen and oxygen atoms in total. The summed E-state index contributed by atoms with van der Waals surface area (Å²) < 4.78 is 5.95. The Hall–Kier alpha value is -3.12. The van der Waals surface area contributed by atoms with Crippen molar-refractivity contribution in [1.29, 1.82) is 0 Å². The van der Waals surface area contributed by atoms with E-state index in [4.69, 9.17) is 5.73 Å². The van der Waals surface area contributed by atoms with Gasteiger partial charge in [-0.2, -0.15) is 0 Å². The van der Waals surface area contributed by atoms with Crippen LogP contribution in [-0.4, -0.2) is 22.1 Å². The van der Waals surface area contributed by atoms with Crippen molar-refractivity contribution in [2.75, 3.05) is 5.73 Å². The van der Waals surface area contributed by atoms with Crippen molar-refractivity contribution >= 4 is 17.9 Å². The van der Waals surface area contributed by atoms with E-state index < -0.39 is 6.09 Å². The molecule has 2 aliphatic heterocycles. The molecule has 2 aliphatic rings. The van der Waals surface area contributed by atoms with E-state index in [-0.39, 0.29) is 5.96 Å². The molecule has 1 aromatic heterocycles. The van der Waals surface area contributed by atoms with Crippen LogP contribution in [0.3, 0.4) is 0 Å². The van der Waals surface area contributed by atoms with Crippen molar-refractivity contribution in [3.05, 3.63) is 17.2 Å². The molecule has 1 saturated heterocycles. The predicted octanol–water partition coefficient (Wildman–Crippen LogP) is -0.0882. The Balaban J connectivity index is 0.000000149. The number of hydrogen-bond donors (Lipinski definition) is 1. The number of anilines is 1. The summed E-state index contributed by atoms with van der Waals surface area (Å²) in [5, 5.41) is 16.5. The molecule has 3 rings (SSSR count). The van der Waals surface area contributed by atoms with E-state index in [1.165, 1.54) is 4.68 Å². The van der Waals surface area contributed by atoms with Crippen LogP contribution in [0.15, 0.2) is 31.4 Å². The Labute approximate surface area is 98.5 Å². The van der Waals surface area contributed by atoms with Crippen molar-refractivity contribution in [2.45, 2.75) is 0 Å². The Kier molecular flexibility index (Phi) is 3.04. The van der Waals surface area contributed by atoms with Crippen LogP contribution in [0.5, 0.6) is 0 Å². The lowest BCUT2D eigenvalue weighted by Gasteiger charge is -2.14. The maximum atomic E-state index is 10.3. The van der Waals surface area contributed by atoms with Crippen LogP contribution in [0.25, 0.3) is 11.0 Å². The highest BCUT2D eigenvalue weighted by molar-refractivity contribution is 5.84. The number of aromatic nitrogens is 2. The summed E-state index contributed by atoms with van der Waals surface area (Å²) in [6.45, 7) is 0. The fraction of sp³-hybridized carbons (Fsp3) is 0.200. The number of hydrogen-bond acceptors (Lipinski definition) is 7. The average Bonchev–Trinajstić information content (AvgIpc) is 3.01. The second kappa shape index (κ2) is 4.81. The van der Waals surface area contributed by atoms with Gasteiger partial charge >= 0.3 is 5.96 Å². The fourth-order valence-electron chi connectivity index (χ4n) is 0.832. The van der Waals surface area contributed by atoms with Crippen LogP contribution in [-0.2, 0) is 11.9 Å². The van der Waals surface area contributed by atoms with Gasteiger partial charge in [0.15, 0.2) is 12.3 Å². The van der Waals surface area contributed by atoms with Gasteiger partial charge in [-0.25, -0.2) is 0 Å². The molecular weight excluding hydrogens is 248 g/mol. The zero-order valence-electron chi connectivity index (χ0n) is 8.90. The van der Waals surface area contributed by atoms with Crippen LogP contribution >= 0.6 is 0 Å². The van der Waals surface area contributed by atoms with Crippen molar-refractivity contribution in [2.24, 2.45) is 27.7 Å². The molecule has 0 unspecified atom stereocenters. The van der Waals surface area contributed by atoms with Gasteiger partial charge in [-0.05, 0) is 0 Å². The minimum atomic E-state index is -0.824. The van der Waals surface area contributed by atoms with E-state index in [1.54, 1.807) is 13.2 Å². The van der Waals surface area contributed by atoms with Crippen molar-refractivity contribution < 1.29 is 23.6 Å². The first-order chi connectivity index (χ1) is 8.65. The van der Waals surface area contributed by atoms with Gasteiger partial charge in [0.2, 0.25) is 6.09 Å². The minimum Gasteiger partial charge on any atom is -0.517 e. The molecule has 94 valence electrons. The third-order valence-corrected chi connectivity index (χ3v) is 1.45. The van der Waals surface area contributed by atoms with Crippen LogP contribution in [0.4, 0.5) is 10.7 Å². The predicted molar refractivity (Wildman–Crippen MR) is 50.3 cm³/mol. The van der Waals surface area contributed by atoms with E-state index in [2.05, 4.69) is 46.3 Å². The average molecular weight is 254 g/mol. The fourth-order valence-corrected chi connectivity index (χ4v) is 0.832. The van der Waals surface area contributed by atoms with E-state index in [0.29, 0.717) is 5.88 Å². The van der Waals surface area contributed by atoms with Gasteiger partial charge in [-0.3, -0.25) is 9.32 Å². The first-order valence-corrected chi connectivity index (χ1v) is 4.35. The van der Waals surface area contributed by atoms with Crippen molar-refractivity contribution in [3.63, 3.8) is 0 Å². The molecule has 3 heterocycles. The Morgan fingerprint density at radius 1 is 1.39 bits per heavy atom. The molecule has 0 radical (unpaired) electrons. The van der Waals surface area contributed by atoms with Crippen LogP contribution in [0.2, 0.25) is 0 Å². The number of nitrogens with two attached hydrogens (primary N) is 1. The zero-order chi connectivity index (χ0) is 13.0. The highest BCUT2D eigenvalue weighted by Gasteiger charge is 2.13. The molecule has 2 N–H and O–H groups in total. The van der Waals surface area contributed by atoms with Gasteiger partial charge in [0.25, 0.3) is 12.1 Å². The Bertz CT molecular complexity index is 513. The largest absolute Gasteiger partial charge is 0.517 e. The van der Waals surface area contributed by atoms with Gasteiger partial charge in [-0.1, -0.05) is 4.68 Å². The zero-order valence-corrected chi connectivity index (χ0v) is 8.90. The lowest BCUT2D eigenvalue weighted by molar-refractivity contribution is -0.739. The monoisotopic (exact) mass is 254 g/mol. The number of carbonyl (C=O) groups is 1. The lowest BCUT2D eigenvalue weighted by Crippen LogP contribution is -2.27. The van der Waals surface area contributed by atoms with Gasteiger partial charge in [0.05, 0.1) is 20.7 Å². The summed E-state index contributed by atoms with van der Waals surface area (Å²) in [6.07, 6.45) is 0.759. The third-order valence-electron chi connectivity index (χ3n) is 1.45. The maximum Gasteiger partial charge on any atom is 0.457 e. The van der Waals surface area contributed by atoms with Crippen LogP contribution in [0.1, 0.15) is 0 Å². The summed E-state index contributed by atoms with van der Waals surface area (Å²) in [4.78, 5) is 15.2. The van der Waals surface area contributed by atoms with E-state index >= 15 is 0 Å². The summed E-state index contributed by atoms with van der Waals surface area (Å²) in [5.74, 6) is 0.332. The van der Waals surface area contributed by atoms with Crippen molar-refractivity contribution in [3.8, 4) is 0 Å². The highest BCUT2D eigenvalue weighted by atomic mass is 16.8. The smallest absolute Gasteiger partial charge is 0.457 e. The molecule has 0 aromatic carbocycles. The molecule has 13 heteroatoms. The highest BCUT2D eigenvalue weighted by Crippen LogP contribution is 2.15. The van der Waals surface area contributed by atoms with Gasteiger partial charge in [-0.15, -0.1) is 0 Å². The summed E-state index contributed by atoms with van der Waals surface area (Å²) in [6, 6.07) is 0. The Morgan fingerprint density at radius 3 is 2.50 bits per heavy atom. The van der Waals surface area contributed by atoms with E-state index in [9.17, 15) is 4.79 Å². The number of rotatable bonds is 0. The molecular formula is C5H6N10O3. The number of aryl methyl sites for hydroxylation is 1. The SMILES string of the molecule is C[n+]1cc(N)on1.O=C1[N-][N+](=C2N=NN=N2)[N-]O1. The second-order valence-electron chi connectivity index (χ2n) is 2.79. The lowest BCUT2D eigenvalue weighted by atomic mass is 10.8. The molecule has 0 bridgehead atoms. The van der Waals surface area contributed by atoms with Gasteiger partial charge in [0.1, 0.15) is 0 Å². The molecule has 0 atom stereocenters. The number of nitrogens with zero attached hydrogens (tertiary/aromatic N) is 9. The summed E-state index contributed by atoms with van der Waals surface area (Å²) >= 11 is 0. The molecule has 0 aliphatic carbocycles. The number of amides is 1. The van der Waals surface area contributed by atoms with Crippen LogP contribution in [0, 0.1) is 0 Å². The molecule has 0 spiro atoms. The van der Waals surface area contributed by atoms with E-state index in [1.807, 2.05) is 0 Å². The number of guanidine groups is 1. The first-order valence-electron chi connectivity index (χ1n) is 4.35. The number of nitrogen functional groups attached to an aromatic ring is 1. The molecule has 1 amide bonds. The van der Waals surface area contributed by atoms with Crippen LogP contribution < -0.4 is 10.4 Å². The summed E-state index contributed by atoms with van der Waals surface area (Å²) in [5.41, 5.74) is 11.5. The van der Waals surface area contributed by atoms with Gasteiger partial charge < -0.3 is 26.4 Å². The van der Waals surface area contributed by atoms with Gasteiger partial charge in [0, 0.05) is 0 Å². The maximum absolute atomic E-state index is 10.3. The summed E-state index contributed by atoms with van der Waals surface area (Å²) in [7, 11) is 1.74. The topological polar surface area (TPSA) is 163 Å². The quantitative estimate of drug-likeness (QED) is 0.638. The minimum absolute atomic E-state index is 0.00384. The molecule has 1 aromatic rings. The third kappa shape index (κ3) is 2.71. The second-order valence-corrected chi connectivity index (χ2v) is 2.79. The first kappa shape index (κ1) is 11.4.